The molecule has 1 saturated heterocycles. The van der Waals surface area contributed by atoms with Crippen molar-refractivity contribution in [2.45, 2.75) is 69.2 Å². The number of pyridine rings is 1. The molecule has 0 bridgehead atoms. The molecule has 0 aliphatic carbocycles. The second-order valence-corrected chi connectivity index (χ2v) is 7.89. The molecule has 1 fully saturated rings. The number of hydrogen-bond donors (Lipinski definition) is 4. The van der Waals surface area contributed by atoms with Crippen LogP contribution in [0.1, 0.15) is 38.5 Å². The Bertz CT molecular complexity index is 787. The number of nitrogens with zero attached hydrogens (tertiary/aromatic N) is 1. The first-order valence-corrected chi connectivity index (χ1v) is 11.0. The zero-order chi connectivity index (χ0) is 22.1. The number of rotatable bonds is 12. The predicted octanol–water partition coefficient (Wildman–Crippen LogP) is 1.77. The molecule has 1 aliphatic rings. The molecule has 3 rings (SSSR count). The Morgan fingerprint density at radius 2 is 1.65 bits per heavy atom. The standard InChI is InChI=1S/C23H33NO7/c25-15-19-22(20(26)21(27)23(28)31-19)30-13-6-4-2-1-3-5-12-29-17-9-10-18-16(14-17)8-7-11-24-18/h7-11,14,19-23,25-28H,1-6,12-13,15H2/t19-,20-,21-,22-,23-/m1/s1. The number of aliphatic hydroxyl groups is 4. The fraction of sp³-hybridized carbons (Fsp3) is 0.609. The molecule has 0 spiro atoms. The largest absolute Gasteiger partial charge is 0.494 e. The summed E-state index contributed by atoms with van der Waals surface area (Å²) in [6.07, 6.45) is 1.86. The van der Waals surface area contributed by atoms with E-state index in [1.807, 2.05) is 30.3 Å². The van der Waals surface area contributed by atoms with Gasteiger partial charge in [0.1, 0.15) is 30.2 Å². The summed E-state index contributed by atoms with van der Waals surface area (Å²) in [5.74, 6) is 0.866. The summed E-state index contributed by atoms with van der Waals surface area (Å²) in [6, 6.07) is 9.87. The van der Waals surface area contributed by atoms with Crippen molar-refractivity contribution in [2.24, 2.45) is 0 Å². The topological polar surface area (TPSA) is 122 Å². The highest BCUT2D eigenvalue weighted by atomic mass is 16.7. The molecule has 1 aliphatic heterocycles. The minimum Gasteiger partial charge on any atom is -0.494 e. The van der Waals surface area contributed by atoms with Crippen molar-refractivity contribution in [1.82, 2.24) is 4.98 Å². The highest BCUT2D eigenvalue weighted by molar-refractivity contribution is 5.79. The van der Waals surface area contributed by atoms with Crippen molar-refractivity contribution in [3.05, 3.63) is 36.5 Å². The molecule has 8 heteroatoms. The Morgan fingerprint density at radius 3 is 2.42 bits per heavy atom. The van der Waals surface area contributed by atoms with E-state index in [9.17, 15) is 20.4 Å². The Balaban J connectivity index is 1.22. The molecule has 2 aromatic rings. The van der Waals surface area contributed by atoms with Crippen LogP contribution in [0.3, 0.4) is 0 Å². The number of benzene rings is 1. The molecule has 5 atom stereocenters. The van der Waals surface area contributed by atoms with Crippen molar-refractivity contribution in [3.8, 4) is 5.75 Å². The average Bonchev–Trinajstić information content (AvgIpc) is 2.79. The van der Waals surface area contributed by atoms with Gasteiger partial charge in [0.15, 0.2) is 6.29 Å². The molecular formula is C23H33NO7. The number of aromatic nitrogens is 1. The van der Waals surface area contributed by atoms with Crippen molar-refractivity contribution < 1.29 is 34.6 Å². The van der Waals surface area contributed by atoms with Crippen LogP contribution in [0.4, 0.5) is 0 Å². The average molecular weight is 436 g/mol. The van der Waals surface area contributed by atoms with E-state index in [0.29, 0.717) is 13.2 Å². The molecule has 31 heavy (non-hydrogen) atoms. The quantitative estimate of drug-likeness (QED) is 0.372. The van der Waals surface area contributed by atoms with Crippen LogP contribution in [0.25, 0.3) is 10.9 Å². The van der Waals surface area contributed by atoms with Crippen LogP contribution >= 0.6 is 0 Å². The molecular weight excluding hydrogens is 402 g/mol. The third kappa shape index (κ3) is 6.83. The lowest BCUT2D eigenvalue weighted by atomic mass is 9.99. The van der Waals surface area contributed by atoms with E-state index in [-0.39, 0.29) is 0 Å². The van der Waals surface area contributed by atoms with Gasteiger partial charge in [-0.25, -0.2) is 0 Å². The van der Waals surface area contributed by atoms with Gasteiger partial charge < -0.3 is 34.6 Å². The predicted molar refractivity (Wildman–Crippen MR) is 115 cm³/mol. The van der Waals surface area contributed by atoms with E-state index >= 15 is 0 Å². The van der Waals surface area contributed by atoms with E-state index in [4.69, 9.17) is 14.2 Å². The Morgan fingerprint density at radius 1 is 0.903 bits per heavy atom. The number of fused-ring (bicyclic) bond motifs is 1. The molecule has 4 N–H and O–H groups in total. The Labute approximate surface area is 182 Å². The summed E-state index contributed by atoms with van der Waals surface area (Å²) in [4.78, 5) is 4.30. The lowest BCUT2D eigenvalue weighted by molar-refractivity contribution is -0.294. The first-order chi connectivity index (χ1) is 15.1. The van der Waals surface area contributed by atoms with Crippen molar-refractivity contribution in [1.29, 1.82) is 0 Å². The fourth-order valence-corrected chi connectivity index (χ4v) is 3.74. The SMILES string of the molecule is OC[C@H]1O[C@@H](O)[C@H](O)[C@@H](O)[C@@H]1OCCCCCCCCOc1ccc2ncccc2c1. The van der Waals surface area contributed by atoms with Crippen LogP contribution in [-0.4, -0.2) is 75.9 Å². The number of unbranched alkanes of at least 4 members (excludes halogenated alkanes) is 5. The van der Waals surface area contributed by atoms with Gasteiger partial charge in [-0.1, -0.05) is 31.7 Å². The summed E-state index contributed by atoms with van der Waals surface area (Å²) >= 11 is 0. The van der Waals surface area contributed by atoms with Crippen LogP contribution in [0.15, 0.2) is 36.5 Å². The van der Waals surface area contributed by atoms with Gasteiger partial charge in [0.25, 0.3) is 0 Å². The van der Waals surface area contributed by atoms with E-state index in [1.165, 1.54) is 0 Å². The summed E-state index contributed by atoms with van der Waals surface area (Å²) < 4.78 is 16.5. The van der Waals surface area contributed by atoms with Crippen LogP contribution < -0.4 is 4.74 Å². The van der Waals surface area contributed by atoms with Crippen molar-refractivity contribution >= 4 is 10.9 Å². The Kier molecular flexibility index (Phi) is 9.45. The zero-order valence-corrected chi connectivity index (χ0v) is 17.7. The molecule has 1 aromatic carbocycles. The normalized spacial score (nSPS) is 26.3. The number of aliphatic hydroxyl groups excluding tert-OH is 4. The van der Waals surface area contributed by atoms with Crippen LogP contribution in [0.5, 0.6) is 5.75 Å². The van der Waals surface area contributed by atoms with Gasteiger partial charge in [-0.05, 0) is 37.1 Å². The van der Waals surface area contributed by atoms with E-state index in [0.717, 1.165) is 55.2 Å². The second-order valence-electron chi connectivity index (χ2n) is 7.89. The first-order valence-electron chi connectivity index (χ1n) is 11.0. The molecule has 8 nitrogen and oxygen atoms in total. The van der Waals surface area contributed by atoms with E-state index in [1.54, 1.807) is 6.20 Å². The monoisotopic (exact) mass is 435 g/mol. The number of ether oxygens (including phenoxy) is 3. The van der Waals surface area contributed by atoms with Gasteiger partial charge in [0, 0.05) is 18.2 Å². The number of hydrogen-bond acceptors (Lipinski definition) is 8. The second kappa shape index (κ2) is 12.3. The third-order valence-corrected chi connectivity index (χ3v) is 5.53. The molecule has 0 saturated carbocycles. The Hall–Kier alpha value is -1.81. The fourth-order valence-electron chi connectivity index (χ4n) is 3.74. The molecule has 0 radical (unpaired) electrons. The summed E-state index contributed by atoms with van der Waals surface area (Å²) in [6.45, 7) is 0.680. The summed E-state index contributed by atoms with van der Waals surface area (Å²) in [5, 5.41) is 39.6. The molecule has 172 valence electrons. The molecule has 1 aromatic heterocycles. The van der Waals surface area contributed by atoms with E-state index < -0.39 is 37.3 Å². The van der Waals surface area contributed by atoms with Gasteiger partial charge in [0.05, 0.1) is 18.7 Å². The third-order valence-electron chi connectivity index (χ3n) is 5.53. The first kappa shape index (κ1) is 23.8. The van der Waals surface area contributed by atoms with Gasteiger partial charge in [-0.3, -0.25) is 4.98 Å². The lowest BCUT2D eigenvalue weighted by Gasteiger charge is -2.40. The van der Waals surface area contributed by atoms with Gasteiger partial charge in [0.2, 0.25) is 0 Å². The molecule has 2 heterocycles. The molecule has 0 amide bonds. The van der Waals surface area contributed by atoms with E-state index in [2.05, 4.69) is 4.98 Å². The minimum absolute atomic E-state index is 0.393. The highest BCUT2D eigenvalue weighted by Crippen LogP contribution is 2.23. The summed E-state index contributed by atoms with van der Waals surface area (Å²) in [7, 11) is 0. The van der Waals surface area contributed by atoms with Crippen LogP contribution in [-0.2, 0) is 9.47 Å². The van der Waals surface area contributed by atoms with Crippen molar-refractivity contribution in [2.75, 3.05) is 19.8 Å². The minimum atomic E-state index is -1.52. The summed E-state index contributed by atoms with van der Waals surface area (Å²) in [5.41, 5.74) is 0.963. The highest BCUT2D eigenvalue weighted by Gasteiger charge is 2.44. The van der Waals surface area contributed by atoms with Crippen LogP contribution in [0.2, 0.25) is 0 Å². The van der Waals surface area contributed by atoms with Crippen molar-refractivity contribution in [3.63, 3.8) is 0 Å². The zero-order valence-electron chi connectivity index (χ0n) is 17.7. The van der Waals surface area contributed by atoms with Gasteiger partial charge >= 0.3 is 0 Å². The smallest absolute Gasteiger partial charge is 0.184 e. The lowest BCUT2D eigenvalue weighted by Crippen LogP contribution is -2.59. The maximum absolute atomic E-state index is 10.0. The van der Waals surface area contributed by atoms with Gasteiger partial charge in [-0.15, -0.1) is 0 Å². The maximum Gasteiger partial charge on any atom is 0.184 e. The van der Waals surface area contributed by atoms with Gasteiger partial charge in [-0.2, -0.15) is 0 Å². The molecule has 0 unspecified atom stereocenters. The van der Waals surface area contributed by atoms with Crippen LogP contribution in [0, 0.1) is 0 Å². The maximum atomic E-state index is 10.0.